The molecule has 0 spiro atoms. The molecule has 4 nitrogen and oxygen atoms in total. The summed E-state index contributed by atoms with van der Waals surface area (Å²) in [4.78, 5) is 10.4. The van der Waals surface area contributed by atoms with Crippen LogP contribution in [0.3, 0.4) is 0 Å². The molecule has 0 aromatic rings. The Morgan fingerprint density at radius 2 is 2.55 bits per heavy atom. The van der Waals surface area contributed by atoms with E-state index in [1.165, 1.54) is 6.92 Å². The van der Waals surface area contributed by atoms with E-state index in [0.29, 0.717) is 19.6 Å². The van der Waals surface area contributed by atoms with Gasteiger partial charge in [-0.05, 0) is 0 Å². The lowest BCUT2D eigenvalue weighted by Gasteiger charge is -2.05. The van der Waals surface area contributed by atoms with Crippen LogP contribution in [0, 0.1) is 5.92 Å². The van der Waals surface area contributed by atoms with Gasteiger partial charge in [0.05, 0.1) is 13.2 Å². The van der Waals surface area contributed by atoms with E-state index in [1.54, 1.807) is 0 Å². The zero-order valence-corrected chi connectivity index (χ0v) is 6.45. The summed E-state index contributed by atoms with van der Waals surface area (Å²) in [5.74, 6) is -0.125. The number of hydrogen-bond acceptors (Lipinski definition) is 4. The average molecular weight is 160 g/mol. The van der Waals surface area contributed by atoms with Crippen LogP contribution in [0.1, 0.15) is 13.3 Å². The minimum absolute atomic E-state index is 0.161. The summed E-state index contributed by atoms with van der Waals surface area (Å²) < 4.78 is 9.61. The molecule has 4 heteroatoms. The molecule has 0 saturated carbocycles. The van der Waals surface area contributed by atoms with E-state index >= 15 is 0 Å². The summed E-state index contributed by atoms with van der Waals surface area (Å²) in [5, 5.41) is 8.90. The van der Waals surface area contributed by atoms with Crippen molar-refractivity contribution in [1.29, 1.82) is 0 Å². The van der Waals surface area contributed by atoms with Crippen LogP contribution >= 0.6 is 0 Å². The molecule has 1 rings (SSSR count). The molecule has 1 saturated heterocycles. The molecule has 0 aromatic heterocycles. The lowest BCUT2D eigenvalue weighted by molar-refractivity contribution is -0.142. The van der Waals surface area contributed by atoms with Gasteiger partial charge < -0.3 is 14.6 Å². The molecular formula is C7H12O4. The molecule has 0 radical (unpaired) electrons. The predicted octanol–water partition coefficient (Wildman–Crippen LogP) is -0.0956. The number of aliphatic hydroxyl groups excluding tert-OH is 1. The first-order valence-electron chi connectivity index (χ1n) is 3.61. The highest BCUT2D eigenvalue weighted by Gasteiger charge is 2.23. The van der Waals surface area contributed by atoms with Crippen molar-refractivity contribution >= 4 is 5.97 Å². The molecule has 1 aliphatic heterocycles. The summed E-state index contributed by atoms with van der Waals surface area (Å²) in [5.41, 5.74) is 0. The van der Waals surface area contributed by atoms with Gasteiger partial charge in [-0.1, -0.05) is 0 Å². The third-order valence-electron chi connectivity index (χ3n) is 1.58. The van der Waals surface area contributed by atoms with Gasteiger partial charge in [-0.15, -0.1) is 0 Å². The maximum atomic E-state index is 10.4. The van der Waals surface area contributed by atoms with Gasteiger partial charge in [-0.25, -0.2) is 0 Å². The van der Waals surface area contributed by atoms with Crippen LogP contribution < -0.4 is 0 Å². The molecule has 1 fully saturated rings. The van der Waals surface area contributed by atoms with Crippen LogP contribution in [0.25, 0.3) is 0 Å². The minimum atomic E-state index is -0.671. The average Bonchev–Trinajstić information content (AvgIpc) is 2.31. The van der Waals surface area contributed by atoms with E-state index in [2.05, 4.69) is 0 Å². The van der Waals surface area contributed by atoms with Gasteiger partial charge in [0.15, 0.2) is 6.29 Å². The second kappa shape index (κ2) is 3.69. The van der Waals surface area contributed by atoms with Gasteiger partial charge in [-0.2, -0.15) is 0 Å². The van der Waals surface area contributed by atoms with Crippen molar-refractivity contribution in [2.45, 2.75) is 19.6 Å². The molecule has 1 unspecified atom stereocenters. The molecule has 2 atom stereocenters. The summed E-state index contributed by atoms with van der Waals surface area (Å²) in [6, 6.07) is 0. The number of carbonyl (C=O) groups is 1. The highest BCUT2D eigenvalue weighted by molar-refractivity contribution is 5.65. The lowest BCUT2D eigenvalue weighted by atomic mass is 10.1. The second-order valence-electron chi connectivity index (χ2n) is 2.69. The summed E-state index contributed by atoms with van der Waals surface area (Å²) in [6.07, 6.45) is -0.108. The fourth-order valence-corrected chi connectivity index (χ4v) is 1.02. The normalized spacial score (nSPS) is 30.4. The van der Waals surface area contributed by atoms with Crippen LogP contribution in [-0.2, 0) is 14.3 Å². The maximum Gasteiger partial charge on any atom is 0.302 e. The SMILES string of the molecule is CC(=O)OC[C@@H]1COC(O)C1. The molecule has 0 aliphatic carbocycles. The van der Waals surface area contributed by atoms with E-state index in [4.69, 9.17) is 14.6 Å². The maximum absolute atomic E-state index is 10.4. The molecule has 0 amide bonds. The van der Waals surface area contributed by atoms with E-state index in [0.717, 1.165) is 0 Å². The van der Waals surface area contributed by atoms with Crippen LogP contribution in [0.15, 0.2) is 0 Å². The second-order valence-corrected chi connectivity index (χ2v) is 2.69. The number of aliphatic hydroxyl groups is 1. The Balaban J connectivity index is 2.13. The third kappa shape index (κ3) is 2.86. The first kappa shape index (κ1) is 8.49. The number of carbonyl (C=O) groups excluding carboxylic acids is 1. The Labute approximate surface area is 65.1 Å². The first-order chi connectivity index (χ1) is 5.18. The summed E-state index contributed by atoms with van der Waals surface area (Å²) in [6.45, 7) is 2.20. The third-order valence-corrected chi connectivity index (χ3v) is 1.58. The van der Waals surface area contributed by atoms with Crippen LogP contribution in [0.2, 0.25) is 0 Å². The molecule has 1 N–H and O–H groups in total. The first-order valence-corrected chi connectivity index (χ1v) is 3.61. The lowest BCUT2D eigenvalue weighted by Crippen LogP contribution is -2.12. The Hall–Kier alpha value is -0.610. The van der Waals surface area contributed by atoms with E-state index < -0.39 is 6.29 Å². The number of hydrogen-bond donors (Lipinski definition) is 1. The van der Waals surface area contributed by atoms with Crippen molar-refractivity contribution in [3.05, 3.63) is 0 Å². The van der Waals surface area contributed by atoms with Crippen molar-refractivity contribution in [3.8, 4) is 0 Å². The van der Waals surface area contributed by atoms with Crippen molar-refractivity contribution in [3.63, 3.8) is 0 Å². The quantitative estimate of drug-likeness (QED) is 0.573. The topological polar surface area (TPSA) is 55.8 Å². The number of ether oxygens (including phenoxy) is 2. The fraction of sp³-hybridized carbons (Fsp3) is 0.857. The van der Waals surface area contributed by atoms with E-state index in [9.17, 15) is 4.79 Å². The fourth-order valence-electron chi connectivity index (χ4n) is 1.02. The number of esters is 1. The van der Waals surface area contributed by atoms with Crippen molar-refractivity contribution in [1.82, 2.24) is 0 Å². The Kier molecular flexibility index (Phi) is 2.84. The zero-order chi connectivity index (χ0) is 8.27. The van der Waals surface area contributed by atoms with Gasteiger partial charge in [-0.3, -0.25) is 4.79 Å². The highest BCUT2D eigenvalue weighted by atomic mass is 16.6. The molecule has 64 valence electrons. The number of rotatable bonds is 2. The largest absolute Gasteiger partial charge is 0.465 e. The molecule has 11 heavy (non-hydrogen) atoms. The minimum Gasteiger partial charge on any atom is -0.465 e. The zero-order valence-electron chi connectivity index (χ0n) is 6.45. The highest BCUT2D eigenvalue weighted by Crippen LogP contribution is 2.17. The van der Waals surface area contributed by atoms with Gasteiger partial charge in [0.25, 0.3) is 0 Å². The van der Waals surface area contributed by atoms with Crippen molar-refractivity contribution in [2.24, 2.45) is 5.92 Å². The van der Waals surface area contributed by atoms with Gasteiger partial charge >= 0.3 is 5.97 Å². The Morgan fingerprint density at radius 3 is 3.00 bits per heavy atom. The van der Waals surface area contributed by atoms with Crippen molar-refractivity contribution in [2.75, 3.05) is 13.2 Å². The van der Waals surface area contributed by atoms with E-state index in [1.807, 2.05) is 0 Å². The van der Waals surface area contributed by atoms with Gasteiger partial charge in [0, 0.05) is 19.3 Å². The standard InChI is InChI=1S/C7H12O4/c1-5(8)10-3-6-2-7(9)11-4-6/h6-7,9H,2-4H2,1H3/t6-,7?/m1/s1. The molecular weight excluding hydrogens is 148 g/mol. The van der Waals surface area contributed by atoms with Crippen LogP contribution in [0.5, 0.6) is 0 Å². The van der Waals surface area contributed by atoms with E-state index in [-0.39, 0.29) is 11.9 Å². The van der Waals surface area contributed by atoms with Gasteiger partial charge in [0.1, 0.15) is 0 Å². The Morgan fingerprint density at radius 1 is 1.82 bits per heavy atom. The molecule has 1 aliphatic rings. The monoisotopic (exact) mass is 160 g/mol. The van der Waals surface area contributed by atoms with Gasteiger partial charge in [0.2, 0.25) is 0 Å². The smallest absolute Gasteiger partial charge is 0.302 e. The van der Waals surface area contributed by atoms with Crippen LogP contribution in [0.4, 0.5) is 0 Å². The Bertz CT molecular complexity index is 145. The van der Waals surface area contributed by atoms with Crippen LogP contribution in [-0.4, -0.2) is 30.6 Å². The molecule has 0 aromatic carbocycles. The molecule has 1 heterocycles. The van der Waals surface area contributed by atoms with Crippen molar-refractivity contribution < 1.29 is 19.4 Å². The predicted molar refractivity (Wildman–Crippen MR) is 36.7 cm³/mol. The summed E-state index contributed by atoms with van der Waals surface area (Å²) in [7, 11) is 0. The summed E-state index contributed by atoms with van der Waals surface area (Å²) >= 11 is 0. The molecule has 0 bridgehead atoms.